The number of anilines is 2. The van der Waals surface area contributed by atoms with Crippen LogP contribution in [0.15, 0.2) is 48.5 Å². The van der Waals surface area contributed by atoms with E-state index in [1.165, 1.54) is 0 Å². The highest BCUT2D eigenvalue weighted by Gasteiger charge is 2.05. The van der Waals surface area contributed by atoms with E-state index in [-0.39, 0.29) is 12.6 Å². The number of nitrogens with one attached hydrogen (secondary N) is 2. The van der Waals surface area contributed by atoms with E-state index in [9.17, 15) is 4.79 Å². The Morgan fingerprint density at radius 2 is 1.74 bits per heavy atom. The summed E-state index contributed by atoms with van der Waals surface area (Å²) >= 11 is 5.94. The van der Waals surface area contributed by atoms with Gasteiger partial charge in [-0.1, -0.05) is 35.9 Å². The Hall–Kier alpha value is -2.04. The molecule has 2 aromatic carbocycles. The average molecular weight is 277 g/mol. The lowest BCUT2D eigenvalue weighted by Crippen LogP contribution is -2.19. The van der Waals surface area contributed by atoms with Crippen molar-refractivity contribution in [2.45, 2.75) is 6.61 Å². The first kappa shape index (κ1) is 13.4. The zero-order chi connectivity index (χ0) is 13.7. The summed E-state index contributed by atoms with van der Waals surface area (Å²) in [7, 11) is 0. The van der Waals surface area contributed by atoms with Crippen LogP contribution in [0.25, 0.3) is 0 Å². The molecule has 3 N–H and O–H groups in total. The molecule has 0 aliphatic heterocycles. The molecule has 0 unspecified atom stereocenters. The summed E-state index contributed by atoms with van der Waals surface area (Å²) in [5, 5.41) is 14.7. The molecule has 98 valence electrons. The Morgan fingerprint density at radius 1 is 1.05 bits per heavy atom. The SMILES string of the molecule is O=C(Nc1ccc(CO)cc1)Nc1ccccc1Cl. The van der Waals surface area contributed by atoms with E-state index < -0.39 is 0 Å². The van der Waals surface area contributed by atoms with Crippen LogP contribution in [0, 0.1) is 0 Å². The van der Waals surface area contributed by atoms with Crippen LogP contribution in [0.5, 0.6) is 0 Å². The number of carbonyl (C=O) groups is 1. The fourth-order valence-corrected chi connectivity index (χ4v) is 1.72. The number of aliphatic hydroxyl groups is 1. The molecule has 0 saturated heterocycles. The van der Waals surface area contributed by atoms with Crippen molar-refractivity contribution >= 4 is 29.0 Å². The second kappa shape index (κ2) is 6.22. The van der Waals surface area contributed by atoms with Crippen LogP contribution in [-0.2, 0) is 6.61 Å². The van der Waals surface area contributed by atoms with E-state index in [0.29, 0.717) is 16.4 Å². The topological polar surface area (TPSA) is 61.4 Å². The van der Waals surface area contributed by atoms with E-state index in [1.807, 2.05) is 0 Å². The first-order valence-corrected chi connectivity index (χ1v) is 6.09. The van der Waals surface area contributed by atoms with Crippen LogP contribution < -0.4 is 10.6 Å². The highest BCUT2D eigenvalue weighted by molar-refractivity contribution is 6.33. The number of aliphatic hydroxyl groups excluding tert-OH is 1. The van der Waals surface area contributed by atoms with E-state index in [2.05, 4.69) is 10.6 Å². The standard InChI is InChI=1S/C14H13ClN2O2/c15-12-3-1-2-4-13(12)17-14(19)16-11-7-5-10(9-18)6-8-11/h1-8,18H,9H2,(H2,16,17,19). The number of halogens is 1. The van der Waals surface area contributed by atoms with Crippen LogP contribution in [0.3, 0.4) is 0 Å². The molecule has 2 aromatic rings. The van der Waals surface area contributed by atoms with E-state index in [4.69, 9.17) is 16.7 Å². The molecule has 0 fully saturated rings. The Kier molecular flexibility index (Phi) is 4.39. The molecule has 0 aromatic heterocycles. The molecule has 0 heterocycles. The Bertz CT molecular complexity index is 570. The molecular formula is C14H13ClN2O2. The van der Waals surface area contributed by atoms with Crippen molar-refractivity contribution in [1.29, 1.82) is 0 Å². The van der Waals surface area contributed by atoms with Gasteiger partial charge in [-0.3, -0.25) is 0 Å². The molecule has 0 radical (unpaired) electrons. The first-order chi connectivity index (χ1) is 9.19. The lowest BCUT2D eigenvalue weighted by Gasteiger charge is -2.09. The van der Waals surface area contributed by atoms with Gasteiger partial charge in [0.2, 0.25) is 0 Å². The zero-order valence-corrected chi connectivity index (χ0v) is 10.8. The number of hydrogen-bond donors (Lipinski definition) is 3. The Morgan fingerprint density at radius 3 is 2.37 bits per heavy atom. The number of benzene rings is 2. The Labute approximate surface area is 116 Å². The van der Waals surface area contributed by atoms with E-state index >= 15 is 0 Å². The molecule has 0 bridgehead atoms. The molecule has 0 saturated carbocycles. The molecule has 2 amide bonds. The number of urea groups is 1. The van der Waals surface area contributed by atoms with Crippen LogP contribution in [0.2, 0.25) is 5.02 Å². The van der Waals surface area contributed by atoms with Crippen LogP contribution in [-0.4, -0.2) is 11.1 Å². The van der Waals surface area contributed by atoms with Crippen LogP contribution >= 0.6 is 11.6 Å². The van der Waals surface area contributed by atoms with Gasteiger partial charge < -0.3 is 15.7 Å². The van der Waals surface area contributed by atoms with Gasteiger partial charge in [-0.25, -0.2) is 4.79 Å². The lowest BCUT2D eigenvalue weighted by molar-refractivity contribution is 0.262. The predicted molar refractivity (Wildman–Crippen MR) is 76.5 cm³/mol. The summed E-state index contributed by atoms with van der Waals surface area (Å²) in [6.45, 7) is -0.0217. The maximum absolute atomic E-state index is 11.8. The van der Waals surface area contributed by atoms with Gasteiger partial charge in [-0.2, -0.15) is 0 Å². The lowest BCUT2D eigenvalue weighted by atomic mass is 10.2. The van der Waals surface area contributed by atoms with Gasteiger partial charge in [0.15, 0.2) is 0 Å². The fourth-order valence-electron chi connectivity index (χ4n) is 1.54. The van der Waals surface area contributed by atoms with Gasteiger partial charge in [0.05, 0.1) is 17.3 Å². The minimum atomic E-state index is -0.371. The number of amides is 2. The zero-order valence-electron chi connectivity index (χ0n) is 10.1. The van der Waals surface area contributed by atoms with Gasteiger partial charge in [0.25, 0.3) is 0 Å². The highest BCUT2D eigenvalue weighted by Crippen LogP contribution is 2.20. The summed E-state index contributed by atoms with van der Waals surface area (Å²) in [4.78, 5) is 11.8. The summed E-state index contributed by atoms with van der Waals surface area (Å²) < 4.78 is 0. The monoisotopic (exact) mass is 276 g/mol. The van der Waals surface area contributed by atoms with Crippen molar-refractivity contribution in [2.75, 3.05) is 10.6 Å². The Balaban J connectivity index is 1.99. The molecule has 2 rings (SSSR count). The third-order valence-electron chi connectivity index (χ3n) is 2.52. The van der Waals surface area contributed by atoms with Crippen molar-refractivity contribution in [3.8, 4) is 0 Å². The van der Waals surface area contributed by atoms with Crippen molar-refractivity contribution < 1.29 is 9.90 Å². The van der Waals surface area contributed by atoms with E-state index in [0.717, 1.165) is 5.56 Å². The van der Waals surface area contributed by atoms with Crippen LogP contribution in [0.1, 0.15) is 5.56 Å². The minimum absolute atomic E-state index is 0.0217. The summed E-state index contributed by atoms with van der Waals surface area (Å²) in [5.74, 6) is 0. The third kappa shape index (κ3) is 3.71. The summed E-state index contributed by atoms with van der Waals surface area (Å²) in [5.41, 5.74) is 1.98. The van der Waals surface area contributed by atoms with Gasteiger partial charge in [0.1, 0.15) is 0 Å². The molecule has 0 atom stereocenters. The van der Waals surface area contributed by atoms with Gasteiger partial charge in [0, 0.05) is 5.69 Å². The number of para-hydroxylation sites is 1. The molecule has 19 heavy (non-hydrogen) atoms. The third-order valence-corrected chi connectivity index (χ3v) is 2.85. The number of rotatable bonds is 3. The molecule has 4 nitrogen and oxygen atoms in total. The molecule has 0 aliphatic rings. The largest absolute Gasteiger partial charge is 0.392 e. The second-order valence-corrected chi connectivity index (χ2v) is 4.32. The normalized spacial score (nSPS) is 10.0. The van der Waals surface area contributed by atoms with Crippen molar-refractivity contribution in [3.05, 3.63) is 59.1 Å². The predicted octanol–water partition coefficient (Wildman–Crippen LogP) is 3.48. The molecule has 0 aliphatic carbocycles. The number of carbonyl (C=O) groups excluding carboxylic acids is 1. The van der Waals surface area contributed by atoms with E-state index in [1.54, 1.807) is 48.5 Å². The molecular weight excluding hydrogens is 264 g/mol. The smallest absolute Gasteiger partial charge is 0.323 e. The quantitative estimate of drug-likeness (QED) is 0.804. The molecule has 0 spiro atoms. The van der Waals surface area contributed by atoms with Gasteiger partial charge >= 0.3 is 6.03 Å². The van der Waals surface area contributed by atoms with Crippen molar-refractivity contribution in [3.63, 3.8) is 0 Å². The van der Waals surface area contributed by atoms with Crippen LogP contribution in [0.4, 0.5) is 16.2 Å². The number of hydrogen-bond acceptors (Lipinski definition) is 2. The fraction of sp³-hybridized carbons (Fsp3) is 0.0714. The first-order valence-electron chi connectivity index (χ1n) is 5.71. The maximum atomic E-state index is 11.8. The molecule has 5 heteroatoms. The van der Waals surface area contributed by atoms with Gasteiger partial charge in [-0.05, 0) is 29.8 Å². The highest BCUT2D eigenvalue weighted by atomic mass is 35.5. The van der Waals surface area contributed by atoms with Gasteiger partial charge in [-0.15, -0.1) is 0 Å². The maximum Gasteiger partial charge on any atom is 0.323 e. The second-order valence-electron chi connectivity index (χ2n) is 3.91. The minimum Gasteiger partial charge on any atom is -0.392 e. The van der Waals surface area contributed by atoms with Crippen molar-refractivity contribution in [2.24, 2.45) is 0 Å². The van der Waals surface area contributed by atoms with Crippen molar-refractivity contribution in [1.82, 2.24) is 0 Å². The summed E-state index contributed by atoms with van der Waals surface area (Å²) in [6, 6.07) is 13.6. The summed E-state index contributed by atoms with van der Waals surface area (Å²) in [6.07, 6.45) is 0. The average Bonchev–Trinajstić information content (AvgIpc) is 2.42.